The largest absolute Gasteiger partial charge is 0.468 e. The van der Waals surface area contributed by atoms with Gasteiger partial charge in [-0.1, -0.05) is 23.7 Å². The molecule has 0 amide bonds. The highest BCUT2D eigenvalue weighted by Crippen LogP contribution is 2.30. The molecule has 1 aliphatic rings. The van der Waals surface area contributed by atoms with Crippen LogP contribution >= 0.6 is 11.6 Å². The molecule has 23 heavy (non-hydrogen) atoms. The summed E-state index contributed by atoms with van der Waals surface area (Å²) >= 11 is 6.28. The molecule has 0 N–H and O–H groups in total. The van der Waals surface area contributed by atoms with Crippen LogP contribution < -0.4 is 0 Å². The molecule has 4 rings (SSSR count). The van der Waals surface area contributed by atoms with E-state index < -0.39 is 0 Å². The Labute approximate surface area is 139 Å². The van der Waals surface area contributed by atoms with Gasteiger partial charge in [0.15, 0.2) is 0 Å². The Hall–Kier alpha value is -2.01. The standard InChI is InChI=1S/C18H17ClN2O2/c19-16-5-1-2-6-17(16)20-8-7-14(12-20)18-21(9-11-23-18)13-15-4-3-10-22-15/h1-8,10,12,18H,9,11,13H2. The summed E-state index contributed by atoms with van der Waals surface area (Å²) in [4.78, 5) is 2.27. The minimum absolute atomic E-state index is 0.0520. The van der Waals surface area contributed by atoms with Gasteiger partial charge in [0.2, 0.25) is 0 Å². The second-order valence-electron chi connectivity index (χ2n) is 5.58. The van der Waals surface area contributed by atoms with Crippen LogP contribution in [0.4, 0.5) is 0 Å². The van der Waals surface area contributed by atoms with Crippen molar-refractivity contribution < 1.29 is 9.15 Å². The highest BCUT2D eigenvalue weighted by atomic mass is 35.5. The first-order chi connectivity index (χ1) is 11.3. The fourth-order valence-corrected chi connectivity index (χ4v) is 3.18. The van der Waals surface area contributed by atoms with Gasteiger partial charge in [-0.25, -0.2) is 0 Å². The van der Waals surface area contributed by atoms with Crippen molar-refractivity contribution in [2.24, 2.45) is 0 Å². The Balaban J connectivity index is 1.57. The molecule has 1 unspecified atom stereocenters. The smallest absolute Gasteiger partial charge is 0.138 e. The highest BCUT2D eigenvalue weighted by molar-refractivity contribution is 6.32. The van der Waals surface area contributed by atoms with Gasteiger partial charge in [0, 0.05) is 24.5 Å². The van der Waals surface area contributed by atoms with E-state index in [2.05, 4.69) is 17.2 Å². The molecule has 1 fully saturated rings. The van der Waals surface area contributed by atoms with Gasteiger partial charge in [-0.2, -0.15) is 0 Å². The van der Waals surface area contributed by atoms with Crippen molar-refractivity contribution in [1.82, 2.24) is 9.47 Å². The fraction of sp³-hybridized carbons (Fsp3) is 0.222. The predicted octanol–water partition coefficient (Wildman–Crippen LogP) is 4.25. The van der Waals surface area contributed by atoms with E-state index in [0.29, 0.717) is 0 Å². The molecule has 118 valence electrons. The summed E-state index contributed by atoms with van der Waals surface area (Å²) in [5, 5.41) is 0.731. The van der Waals surface area contributed by atoms with E-state index in [1.807, 2.05) is 47.2 Å². The van der Waals surface area contributed by atoms with Crippen LogP contribution in [-0.4, -0.2) is 22.6 Å². The Morgan fingerprint density at radius 3 is 2.87 bits per heavy atom. The van der Waals surface area contributed by atoms with E-state index in [9.17, 15) is 0 Å². The molecule has 1 aliphatic heterocycles. The third kappa shape index (κ3) is 2.93. The Morgan fingerprint density at radius 2 is 2.04 bits per heavy atom. The first-order valence-corrected chi connectivity index (χ1v) is 8.00. The van der Waals surface area contributed by atoms with Crippen molar-refractivity contribution in [3.8, 4) is 5.69 Å². The minimum atomic E-state index is -0.0520. The van der Waals surface area contributed by atoms with E-state index in [-0.39, 0.29) is 6.23 Å². The third-order valence-electron chi connectivity index (χ3n) is 4.06. The molecule has 3 aromatic rings. The number of hydrogen-bond acceptors (Lipinski definition) is 3. The fourth-order valence-electron chi connectivity index (χ4n) is 2.95. The maximum atomic E-state index is 6.28. The number of hydrogen-bond donors (Lipinski definition) is 0. The number of para-hydroxylation sites is 1. The average molecular weight is 329 g/mol. The van der Waals surface area contributed by atoms with Gasteiger partial charge in [-0.05, 0) is 30.3 Å². The van der Waals surface area contributed by atoms with Crippen molar-refractivity contribution in [2.75, 3.05) is 13.2 Å². The summed E-state index contributed by atoms with van der Waals surface area (Å²) < 4.78 is 13.4. The maximum absolute atomic E-state index is 6.28. The van der Waals surface area contributed by atoms with E-state index in [0.717, 1.165) is 41.7 Å². The van der Waals surface area contributed by atoms with Crippen molar-refractivity contribution in [1.29, 1.82) is 0 Å². The summed E-state index contributed by atoms with van der Waals surface area (Å²) in [5.74, 6) is 0.950. The lowest BCUT2D eigenvalue weighted by Gasteiger charge is -2.21. The topological polar surface area (TPSA) is 30.5 Å². The molecule has 1 saturated heterocycles. The van der Waals surface area contributed by atoms with Crippen molar-refractivity contribution in [2.45, 2.75) is 12.8 Å². The summed E-state index contributed by atoms with van der Waals surface area (Å²) in [6.07, 6.45) is 5.74. The normalized spacial score (nSPS) is 18.6. The average Bonchev–Trinajstić information content (AvgIpc) is 3.28. The van der Waals surface area contributed by atoms with Crippen molar-refractivity contribution in [3.63, 3.8) is 0 Å². The second kappa shape index (κ2) is 6.24. The monoisotopic (exact) mass is 328 g/mol. The molecule has 0 aliphatic carbocycles. The Kier molecular flexibility index (Phi) is 3.95. The molecular weight excluding hydrogens is 312 g/mol. The van der Waals surface area contributed by atoms with Gasteiger partial charge in [-0.3, -0.25) is 4.90 Å². The highest BCUT2D eigenvalue weighted by Gasteiger charge is 2.28. The van der Waals surface area contributed by atoms with Gasteiger partial charge < -0.3 is 13.7 Å². The number of furan rings is 1. The van der Waals surface area contributed by atoms with Gasteiger partial charge >= 0.3 is 0 Å². The first-order valence-electron chi connectivity index (χ1n) is 7.62. The summed E-state index contributed by atoms with van der Waals surface area (Å²) in [5.41, 5.74) is 2.09. The zero-order valence-electron chi connectivity index (χ0n) is 12.6. The van der Waals surface area contributed by atoms with Crippen LogP contribution in [0.3, 0.4) is 0 Å². The molecule has 1 atom stereocenters. The Morgan fingerprint density at radius 1 is 1.13 bits per heavy atom. The first kappa shape index (κ1) is 14.6. The van der Waals surface area contributed by atoms with Gasteiger partial charge in [-0.15, -0.1) is 0 Å². The van der Waals surface area contributed by atoms with Gasteiger partial charge in [0.25, 0.3) is 0 Å². The molecular formula is C18H17ClN2O2. The van der Waals surface area contributed by atoms with Gasteiger partial charge in [0.1, 0.15) is 12.0 Å². The minimum Gasteiger partial charge on any atom is -0.468 e. The van der Waals surface area contributed by atoms with Crippen molar-refractivity contribution in [3.05, 3.63) is 77.5 Å². The lowest BCUT2D eigenvalue weighted by molar-refractivity contribution is 0.0258. The van der Waals surface area contributed by atoms with Crippen LogP contribution in [0.1, 0.15) is 17.6 Å². The number of rotatable bonds is 4. The van der Waals surface area contributed by atoms with Crippen LogP contribution in [-0.2, 0) is 11.3 Å². The lowest BCUT2D eigenvalue weighted by atomic mass is 10.2. The molecule has 2 aromatic heterocycles. The maximum Gasteiger partial charge on any atom is 0.138 e. The van der Waals surface area contributed by atoms with Crippen LogP contribution in [0.15, 0.2) is 65.5 Å². The lowest BCUT2D eigenvalue weighted by Crippen LogP contribution is -2.22. The molecule has 1 aromatic carbocycles. The summed E-state index contributed by atoms with van der Waals surface area (Å²) in [6, 6.07) is 13.8. The summed E-state index contributed by atoms with van der Waals surface area (Å²) in [7, 11) is 0. The van der Waals surface area contributed by atoms with E-state index in [4.69, 9.17) is 20.8 Å². The molecule has 0 saturated carbocycles. The number of halogens is 1. The molecule has 0 bridgehead atoms. The molecule has 0 radical (unpaired) electrons. The van der Waals surface area contributed by atoms with E-state index >= 15 is 0 Å². The molecule has 0 spiro atoms. The number of ether oxygens (including phenoxy) is 1. The van der Waals surface area contributed by atoms with E-state index in [1.165, 1.54) is 0 Å². The van der Waals surface area contributed by atoms with Gasteiger partial charge in [0.05, 0.1) is 30.1 Å². The van der Waals surface area contributed by atoms with Crippen LogP contribution in [0.2, 0.25) is 5.02 Å². The number of nitrogens with zero attached hydrogens (tertiary/aromatic N) is 2. The zero-order chi connectivity index (χ0) is 15.6. The van der Waals surface area contributed by atoms with E-state index in [1.54, 1.807) is 6.26 Å². The van der Waals surface area contributed by atoms with Crippen LogP contribution in [0.5, 0.6) is 0 Å². The third-order valence-corrected chi connectivity index (χ3v) is 4.38. The number of benzene rings is 1. The Bertz CT molecular complexity index is 782. The summed E-state index contributed by atoms with van der Waals surface area (Å²) in [6.45, 7) is 2.36. The molecule has 3 heterocycles. The second-order valence-corrected chi connectivity index (χ2v) is 5.98. The molecule has 5 heteroatoms. The van der Waals surface area contributed by atoms with Crippen molar-refractivity contribution >= 4 is 11.6 Å². The SMILES string of the molecule is Clc1ccccc1-n1ccc(C2OCCN2Cc2ccco2)c1. The van der Waals surface area contributed by atoms with Crippen LogP contribution in [0, 0.1) is 0 Å². The number of aromatic nitrogens is 1. The predicted molar refractivity (Wildman–Crippen MR) is 88.6 cm³/mol. The zero-order valence-corrected chi connectivity index (χ0v) is 13.3. The quantitative estimate of drug-likeness (QED) is 0.717. The van der Waals surface area contributed by atoms with Crippen LogP contribution in [0.25, 0.3) is 5.69 Å². The molecule has 4 nitrogen and oxygen atoms in total.